The molecule has 0 N–H and O–H groups in total. The van der Waals surface area contributed by atoms with Crippen LogP contribution in [0.15, 0.2) is 53.6 Å². The molecule has 0 bridgehead atoms. The Morgan fingerprint density at radius 2 is 1.75 bits per heavy atom. The lowest BCUT2D eigenvalue weighted by Gasteiger charge is -2.28. The van der Waals surface area contributed by atoms with E-state index in [-0.39, 0.29) is 18.1 Å². The molecule has 1 aliphatic rings. The molecule has 170 valence electrons. The van der Waals surface area contributed by atoms with Gasteiger partial charge in [0.15, 0.2) is 0 Å². The molecule has 0 aliphatic carbocycles. The van der Waals surface area contributed by atoms with Gasteiger partial charge in [0, 0.05) is 51.7 Å². The third kappa shape index (κ3) is 5.08. The molecule has 1 fully saturated rings. The number of imidazole rings is 1. The standard InChI is InChI=1S/C24H31N5O3/c1-2-28-21-6-3-4-7-22(21)29(24(28)31)19-23(30)27(18-20-8-10-25-11-9-20)13-5-12-26-14-16-32-17-15-26/h3-4,6-11H,2,5,12-19H2,1H3. The number of carbonyl (C=O) groups excluding carboxylic acids is 1. The lowest BCUT2D eigenvalue weighted by Crippen LogP contribution is -2.40. The maximum Gasteiger partial charge on any atom is 0.329 e. The van der Waals surface area contributed by atoms with Crippen LogP contribution in [0.3, 0.4) is 0 Å². The fraction of sp³-hybridized carbons (Fsp3) is 0.458. The Kier molecular flexibility index (Phi) is 7.34. The number of benzene rings is 1. The van der Waals surface area contributed by atoms with Crippen molar-refractivity contribution in [2.75, 3.05) is 39.4 Å². The Hall–Kier alpha value is -2.97. The van der Waals surface area contributed by atoms with Crippen molar-refractivity contribution in [3.8, 4) is 0 Å². The quantitative estimate of drug-likeness (QED) is 0.512. The number of aromatic nitrogens is 3. The molecule has 1 aromatic carbocycles. The van der Waals surface area contributed by atoms with Crippen molar-refractivity contribution in [2.45, 2.75) is 33.0 Å². The van der Waals surface area contributed by atoms with Crippen LogP contribution >= 0.6 is 0 Å². The average molecular weight is 438 g/mol. The number of nitrogens with zero attached hydrogens (tertiary/aromatic N) is 5. The minimum absolute atomic E-state index is 0.0367. The molecule has 0 unspecified atom stereocenters. The predicted octanol–water partition coefficient (Wildman–Crippen LogP) is 1.97. The highest BCUT2D eigenvalue weighted by Crippen LogP contribution is 2.14. The zero-order valence-corrected chi connectivity index (χ0v) is 18.7. The van der Waals surface area contributed by atoms with Crippen molar-refractivity contribution in [3.05, 3.63) is 64.8 Å². The van der Waals surface area contributed by atoms with Gasteiger partial charge in [-0.05, 0) is 43.2 Å². The number of fused-ring (bicyclic) bond motifs is 1. The minimum atomic E-state index is -0.140. The predicted molar refractivity (Wildman–Crippen MR) is 123 cm³/mol. The molecular weight excluding hydrogens is 406 g/mol. The van der Waals surface area contributed by atoms with Crippen molar-refractivity contribution >= 4 is 16.9 Å². The summed E-state index contributed by atoms with van der Waals surface area (Å²) >= 11 is 0. The molecule has 2 aromatic heterocycles. The summed E-state index contributed by atoms with van der Waals surface area (Å²) in [5.41, 5.74) is 2.55. The van der Waals surface area contributed by atoms with Gasteiger partial charge in [-0.1, -0.05) is 12.1 Å². The van der Waals surface area contributed by atoms with E-state index in [4.69, 9.17) is 4.74 Å². The third-order valence-electron chi connectivity index (χ3n) is 6.02. The van der Waals surface area contributed by atoms with Gasteiger partial charge in [0.1, 0.15) is 6.54 Å². The molecular formula is C24H31N5O3. The van der Waals surface area contributed by atoms with Crippen LogP contribution in [0.25, 0.3) is 11.0 Å². The van der Waals surface area contributed by atoms with E-state index in [2.05, 4.69) is 9.88 Å². The minimum Gasteiger partial charge on any atom is -0.379 e. The van der Waals surface area contributed by atoms with Gasteiger partial charge in [-0.25, -0.2) is 4.79 Å². The Balaban J connectivity index is 1.51. The average Bonchev–Trinajstić information content (AvgIpc) is 3.10. The molecule has 4 rings (SSSR count). The normalized spacial score (nSPS) is 14.7. The van der Waals surface area contributed by atoms with E-state index in [1.54, 1.807) is 21.5 Å². The number of aryl methyl sites for hydroxylation is 1. The van der Waals surface area contributed by atoms with Crippen molar-refractivity contribution in [1.29, 1.82) is 0 Å². The highest BCUT2D eigenvalue weighted by Gasteiger charge is 2.20. The molecule has 3 heterocycles. The van der Waals surface area contributed by atoms with Crippen molar-refractivity contribution in [2.24, 2.45) is 0 Å². The molecule has 1 saturated heterocycles. The summed E-state index contributed by atoms with van der Waals surface area (Å²) in [6.45, 7) is 8.03. The highest BCUT2D eigenvalue weighted by atomic mass is 16.5. The second kappa shape index (κ2) is 10.6. The number of ether oxygens (including phenoxy) is 1. The van der Waals surface area contributed by atoms with Gasteiger partial charge < -0.3 is 9.64 Å². The maximum atomic E-state index is 13.4. The van der Waals surface area contributed by atoms with Crippen molar-refractivity contribution in [3.63, 3.8) is 0 Å². The SMILES string of the molecule is CCn1c(=O)n(CC(=O)N(CCCN2CCOCC2)Cc2ccncc2)c2ccccc21. The number of carbonyl (C=O) groups is 1. The zero-order chi connectivity index (χ0) is 22.3. The summed E-state index contributed by atoms with van der Waals surface area (Å²) in [5.74, 6) is -0.0510. The van der Waals surface area contributed by atoms with Crippen molar-refractivity contribution in [1.82, 2.24) is 23.9 Å². The Morgan fingerprint density at radius 1 is 1.06 bits per heavy atom. The van der Waals surface area contributed by atoms with Gasteiger partial charge in [-0.2, -0.15) is 0 Å². The number of morpholine rings is 1. The summed E-state index contributed by atoms with van der Waals surface area (Å²) in [6.07, 6.45) is 4.36. The van der Waals surface area contributed by atoms with Gasteiger partial charge in [0.05, 0.1) is 24.2 Å². The van der Waals surface area contributed by atoms with E-state index in [0.29, 0.717) is 19.6 Å². The number of para-hydroxylation sites is 2. The molecule has 32 heavy (non-hydrogen) atoms. The fourth-order valence-electron chi connectivity index (χ4n) is 4.28. The molecule has 1 amide bonds. The van der Waals surface area contributed by atoms with E-state index in [1.165, 1.54) is 0 Å². The Labute approximate surface area is 188 Å². The monoisotopic (exact) mass is 437 g/mol. The first kappa shape index (κ1) is 22.2. The van der Waals surface area contributed by atoms with Crippen LogP contribution in [0.2, 0.25) is 0 Å². The van der Waals surface area contributed by atoms with Crippen LogP contribution < -0.4 is 5.69 Å². The summed E-state index contributed by atoms with van der Waals surface area (Å²) in [5, 5.41) is 0. The molecule has 8 nitrogen and oxygen atoms in total. The van der Waals surface area contributed by atoms with Crippen LogP contribution in [-0.2, 0) is 29.2 Å². The summed E-state index contributed by atoms with van der Waals surface area (Å²) < 4.78 is 8.74. The Bertz CT molecular complexity index is 1090. The van der Waals surface area contributed by atoms with E-state index < -0.39 is 0 Å². The number of amides is 1. The van der Waals surface area contributed by atoms with Gasteiger partial charge in [-0.3, -0.25) is 23.8 Å². The first-order chi connectivity index (χ1) is 15.7. The summed E-state index contributed by atoms with van der Waals surface area (Å²) in [6, 6.07) is 11.5. The van der Waals surface area contributed by atoms with Crippen LogP contribution in [0.1, 0.15) is 18.9 Å². The molecule has 0 atom stereocenters. The van der Waals surface area contributed by atoms with Crippen LogP contribution in [-0.4, -0.2) is 69.2 Å². The van der Waals surface area contributed by atoms with Gasteiger partial charge in [-0.15, -0.1) is 0 Å². The molecule has 3 aromatic rings. The lowest BCUT2D eigenvalue weighted by atomic mass is 10.2. The van der Waals surface area contributed by atoms with E-state index in [9.17, 15) is 9.59 Å². The van der Waals surface area contributed by atoms with Crippen LogP contribution in [0.5, 0.6) is 0 Å². The lowest BCUT2D eigenvalue weighted by molar-refractivity contribution is -0.132. The first-order valence-corrected chi connectivity index (χ1v) is 11.3. The summed E-state index contributed by atoms with van der Waals surface area (Å²) in [7, 11) is 0. The van der Waals surface area contributed by atoms with Crippen LogP contribution in [0, 0.1) is 0 Å². The molecule has 8 heteroatoms. The van der Waals surface area contributed by atoms with Crippen molar-refractivity contribution < 1.29 is 9.53 Å². The number of pyridine rings is 1. The smallest absolute Gasteiger partial charge is 0.329 e. The van der Waals surface area contributed by atoms with Gasteiger partial charge in [0.25, 0.3) is 0 Å². The van der Waals surface area contributed by atoms with E-state index >= 15 is 0 Å². The number of rotatable bonds is 9. The molecule has 0 spiro atoms. The Morgan fingerprint density at radius 3 is 2.44 bits per heavy atom. The second-order valence-electron chi connectivity index (χ2n) is 8.08. The molecule has 0 radical (unpaired) electrons. The van der Waals surface area contributed by atoms with Gasteiger partial charge in [0.2, 0.25) is 5.91 Å². The van der Waals surface area contributed by atoms with E-state index in [1.807, 2.05) is 48.2 Å². The zero-order valence-electron chi connectivity index (χ0n) is 18.7. The largest absolute Gasteiger partial charge is 0.379 e. The number of hydrogen-bond donors (Lipinski definition) is 0. The maximum absolute atomic E-state index is 13.4. The van der Waals surface area contributed by atoms with Crippen LogP contribution in [0.4, 0.5) is 0 Å². The molecule has 1 aliphatic heterocycles. The van der Waals surface area contributed by atoms with Gasteiger partial charge >= 0.3 is 5.69 Å². The topological polar surface area (TPSA) is 72.6 Å². The second-order valence-corrected chi connectivity index (χ2v) is 8.08. The molecule has 0 saturated carbocycles. The first-order valence-electron chi connectivity index (χ1n) is 11.3. The van der Waals surface area contributed by atoms with E-state index in [0.717, 1.165) is 55.9 Å². The highest BCUT2D eigenvalue weighted by molar-refractivity contribution is 5.81. The summed E-state index contributed by atoms with van der Waals surface area (Å²) in [4.78, 5) is 34.7. The third-order valence-corrected chi connectivity index (χ3v) is 6.02. The number of hydrogen-bond acceptors (Lipinski definition) is 5. The fourth-order valence-corrected chi connectivity index (χ4v) is 4.28.